The molecule has 102 valence electrons. The van der Waals surface area contributed by atoms with Crippen molar-refractivity contribution in [1.29, 1.82) is 0 Å². The quantitative estimate of drug-likeness (QED) is 0.792. The van der Waals surface area contributed by atoms with Crippen molar-refractivity contribution in [2.75, 3.05) is 32.7 Å². The minimum absolute atomic E-state index is 0. The Morgan fingerprint density at radius 3 is 2.59 bits per heavy atom. The number of likely N-dealkylation sites (tertiary alicyclic amines) is 1. The van der Waals surface area contributed by atoms with Gasteiger partial charge in [0.2, 0.25) is 0 Å². The van der Waals surface area contributed by atoms with E-state index < -0.39 is 0 Å². The van der Waals surface area contributed by atoms with Crippen LogP contribution in [0, 0.1) is 10.8 Å². The second kappa shape index (κ2) is 5.43. The van der Waals surface area contributed by atoms with Gasteiger partial charge in [-0.1, -0.05) is 20.8 Å². The first-order chi connectivity index (χ1) is 7.41. The van der Waals surface area contributed by atoms with E-state index in [2.05, 4.69) is 31.0 Å². The molecule has 0 aliphatic carbocycles. The molecule has 3 nitrogen and oxygen atoms in total. The third-order valence-corrected chi connectivity index (χ3v) is 4.31. The van der Waals surface area contributed by atoms with Crippen LogP contribution in [0.15, 0.2) is 0 Å². The largest absolute Gasteiger partial charge is 0.392 e. The third kappa shape index (κ3) is 3.57. The molecule has 0 aromatic rings. The molecule has 0 bridgehead atoms. The maximum Gasteiger partial charge on any atom is 0.0615 e. The van der Waals surface area contributed by atoms with Gasteiger partial charge < -0.3 is 15.3 Å². The van der Waals surface area contributed by atoms with Gasteiger partial charge in [-0.3, -0.25) is 0 Å². The summed E-state index contributed by atoms with van der Waals surface area (Å²) < 4.78 is 0. The first-order valence-corrected chi connectivity index (χ1v) is 6.53. The summed E-state index contributed by atoms with van der Waals surface area (Å²) in [5, 5.41) is 13.4. The van der Waals surface area contributed by atoms with E-state index in [0.29, 0.717) is 5.41 Å². The molecular formula is C13H27ClN2O. The zero-order valence-corrected chi connectivity index (χ0v) is 12.1. The van der Waals surface area contributed by atoms with Crippen molar-refractivity contribution in [3.63, 3.8) is 0 Å². The molecule has 2 fully saturated rings. The van der Waals surface area contributed by atoms with E-state index in [0.717, 1.165) is 32.6 Å². The highest BCUT2D eigenvalue weighted by atomic mass is 35.5. The minimum atomic E-state index is -0.127. The van der Waals surface area contributed by atoms with Gasteiger partial charge in [0.05, 0.1) is 6.10 Å². The van der Waals surface area contributed by atoms with Crippen molar-refractivity contribution in [3.05, 3.63) is 0 Å². The molecule has 2 atom stereocenters. The summed E-state index contributed by atoms with van der Waals surface area (Å²) in [6, 6.07) is 0. The molecule has 4 heteroatoms. The molecule has 2 aliphatic heterocycles. The van der Waals surface area contributed by atoms with Crippen LogP contribution in [-0.4, -0.2) is 48.8 Å². The van der Waals surface area contributed by atoms with Crippen LogP contribution in [-0.2, 0) is 0 Å². The van der Waals surface area contributed by atoms with Gasteiger partial charge in [0.15, 0.2) is 0 Å². The lowest BCUT2D eigenvalue weighted by molar-refractivity contribution is -0.0337. The van der Waals surface area contributed by atoms with E-state index in [9.17, 15) is 5.11 Å². The average molecular weight is 263 g/mol. The smallest absolute Gasteiger partial charge is 0.0615 e. The number of nitrogens with zero attached hydrogens (tertiary/aromatic N) is 1. The number of hydrogen-bond donors (Lipinski definition) is 2. The maximum atomic E-state index is 9.94. The number of piperidine rings is 1. The molecule has 0 aromatic carbocycles. The summed E-state index contributed by atoms with van der Waals surface area (Å²) in [6.07, 6.45) is 2.08. The topological polar surface area (TPSA) is 35.5 Å². The lowest BCUT2D eigenvalue weighted by Gasteiger charge is -2.44. The molecular weight excluding hydrogens is 236 g/mol. The van der Waals surface area contributed by atoms with Gasteiger partial charge >= 0.3 is 0 Å². The Balaban J connectivity index is 0.00000144. The van der Waals surface area contributed by atoms with E-state index in [1.165, 1.54) is 13.0 Å². The summed E-state index contributed by atoms with van der Waals surface area (Å²) >= 11 is 0. The molecule has 0 amide bonds. The highest BCUT2D eigenvalue weighted by Gasteiger charge is 2.38. The number of rotatable bonds is 2. The summed E-state index contributed by atoms with van der Waals surface area (Å²) in [7, 11) is 0. The monoisotopic (exact) mass is 262 g/mol. The second-order valence-corrected chi connectivity index (χ2v) is 6.74. The van der Waals surface area contributed by atoms with Gasteiger partial charge in [0.25, 0.3) is 0 Å². The zero-order valence-electron chi connectivity index (χ0n) is 11.3. The van der Waals surface area contributed by atoms with Gasteiger partial charge in [-0.25, -0.2) is 0 Å². The number of aliphatic hydroxyl groups is 1. The summed E-state index contributed by atoms with van der Waals surface area (Å²) in [4.78, 5) is 2.54. The predicted molar refractivity (Wildman–Crippen MR) is 73.7 cm³/mol. The SMILES string of the molecule is CC1(CN2CCC(O)C(C)(C)C2)CCNC1.Cl. The van der Waals surface area contributed by atoms with E-state index in [1.54, 1.807) is 0 Å². The van der Waals surface area contributed by atoms with Crippen LogP contribution < -0.4 is 5.32 Å². The van der Waals surface area contributed by atoms with E-state index in [4.69, 9.17) is 0 Å². The molecule has 17 heavy (non-hydrogen) atoms. The van der Waals surface area contributed by atoms with Crippen LogP contribution in [0.4, 0.5) is 0 Å². The predicted octanol–water partition coefficient (Wildman–Crippen LogP) is 1.50. The van der Waals surface area contributed by atoms with Crippen LogP contribution in [0.1, 0.15) is 33.6 Å². The Bertz CT molecular complexity index is 252. The van der Waals surface area contributed by atoms with Crippen LogP contribution in [0.5, 0.6) is 0 Å². The normalized spacial score (nSPS) is 37.8. The number of hydrogen-bond acceptors (Lipinski definition) is 3. The third-order valence-electron chi connectivity index (χ3n) is 4.31. The summed E-state index contributed by atoms with van der Waals surface area (Å²) in [5.41, 5.74) is 0.499. The van der Waals surface area contributed by atoms with Crippen molar-refractivity contribution in [2.24, 2.45) is 10.8 Å². The Morgan fingerprint density at radius 1 is 1.35 bits per heavy atom. The minimum Gasteiger partial charge on any atom is -0.392 e. The van der Waals surface area contributed by atoms with Crippen LogP contribution in [0.3, 0.4) is 0 Å². The number of aliphatic hydroxyl groups excluding tert-OH is 1. The number of nitrogens with one attached hydrogen (secondary N) is 1. The van der Waals surface area contributed by atoms with Gasteiger partial charge in [0.1, 0.15) is 0 Å². The molecule has 2 unspecified atom stereocenters. The van der Waals surface area contributed by atoms with Crippen LogP contribution >= 0.6 is 12.4 Å². The fraction of sp³-hybridized carbons (Fsp3) is 1.00. The van der Waals surface area contributed by atoms with E-state index >= 15 is 0 Å². The standard InChI is InChI=1S/C13H26N2O.ClH/c1-12(2)9-15(7-4-11(12)16)10-13(3)5-6-14-8-13;/h11,14,16H,4-10H2,1-3H3;1H. The van der Waals surface area contributed by atoms with Crippen LogP contribution in [0.2, 0.25) is 0 Å². The van der Waals surface area contributed by atoms with Crippen molar-refractivity contribution in [1.82, 2.24) is 10.2 Å². The van der Waals surface area contributed by atoms with Gasteiger partial charge in [-0.05, 0) is 24.8 Å². The first kappa shape index (κ1) is 15.2. The van der Waals surface area contributed by atoms with Crippen molar-refractivity contribution < 1.29 is 5.11 Å². The molecule has 2 saturated heterocycles. The zero-order chi connectivity index (χ0) is 11.8. The maximum absolute atomic E-state index is 9.94. The Morgan fingerprint density at radius 2 is 2.06 bits per heavy atom. The average Bonchev–Trinajstić information content (AvgIpc) is 2.58. The summed E-state index contributed by atoms with van der Waals surface area (Å²) in [6.45, 7) is 12.3. The molecule has 2 heterocycles. The lowest BCUT2D eigenvalue weighted by atomic mass is 9.79. The molecule has 2 rings (SSSR count). The molecule has 0 saturated carbocycles. The molecule has 0 aromatic heterocycles. The highest BCUT2D eigenvalue weighted by Crippen LogP contribution is 2.32. The van der Waals surface area contributed by atoms with E-state index in [1.807, 2.05) is 0 Å². The first-order valence-electron chi connectivity index (χ1n) is 6.53. The number of halogens is 1. The highest BCUT2D eigenvalue weighted by molar-refractivity contribution is 5.85. The second-order valence-electron chi connectivity index (χ2n) is 6.74. The van der Waals surface area contributed by atoms with Gasteiger partial charge in [-0.2, -0.15) is 0 Å². The van der Waals surface area contributed by atoms with Crippen molar-refractivity contribution in [2.45, 2.75) is 39.7 Å². The van der Waals surface area contributed by atoms with Gasteiger partial charge in [0, 0.05) is 31.6 Å². The molecule has 0 radical (unpaired) electrons. The Hall–Kier alpha value is 0.170. The summed E-state index contributed by atoms with van der Waals surface area (Å²) in [5.74, 6) is 0. The molecule has 0 spiro atoms. The Labute approximate surface area is 111 Å². The van der Waals surface area contributed by atoms with Crippen molar-refractivity contribution in [3.8, 4) is 0 Å². The molecule has 2 aliphatic rings. The lowest BCUT2D eigenvalue weighted by Crippen LogP contribution is -2.51. The Kier molecular flexibility index (Phi) is 4.87. The van der Waals surface area contributed by atoms with Gasteiger partial charge in [-0.15, -0.1) is 12.4 Å². The van der Waals surface area contributed by atoms with E-state index in [-0.39, 0.29) is 23.9 Å². The van der Waals surface area contributed by atoms with Crippen molar-refractivity contribution >= 4 is 12.4 Å². The van der Waals surface area contributed by atoms with Crippen LogP contribution in [0.25, 0.3) is 0 Å². The fourth-order valence-electron chi connectivity index (χ4n) is 3.13. The molecule has 2 N–H and O–H groups in total. The fourth-order valence-corrected chi connectivity index (χ4v) is 3.13.